The third-order valence-corrected chi connectivity index (χ3v) is 4.14. The first-order valence-corrected chi connectivity index (χ1v) is 9.02. The molecular formula is C22H27N3O3. The van der Waals surface area contributed by atoms with Crippen molar-refractivity contribution in [3.63, 3.8) is 0 Å². The van der Waals surface area contributed by atoms with Crippen LogP contribution in [-0.2, 0) is 5.85 Å². The van der Waals surface area contributed by atoms with E-state index in [0.29, 0.717) is 5.75 Å². The second kappa shape index (κ2) is 8.65. The van der Waals surface area contributed by atoms with E-state index in [1.807, 2.05) is 57.2 Å². The van der Waals surface area contributed by atoms with Gasteiger partial charge < -0.3 is 20.7 Å². The van der Waals surface area contributed by atoms with Crippen LogP contribution < -0.4 is 21.9 Å². The summed E-state index contributed by atoms with van der Waals surface area (Å²) < 4.78 is 5.63. The number of phenolic OH excluding ortho intramolecular Hbond substituents is 2. The van der Waals surface area contributed by atoms with E-state index >= 15 is 0 Å². The molecule has 0 spiro atoms. The Hall–Kier alpha value is -3.22. The molecule has 0 heterocycles. The minimum atomic E-state index is -1.82. The Morgan fingerprint density at radius 2 is 1.29 bits per heavy atom. The largest absolute Gasteiger partial charge is 0.506 e. The number of nitrogens with two attached hydrogens (primary N) is 3. The van der Waals surface area contributed by atoms with E-state index in [-0.39, 0.29) is 17.0 Å². The summed E-state index contributed by atoms with van der Waals surface area (Å²) in [6, 6.07) is 18.1. The van der Waals surface area contributed by atoms with Gasteiger partial charge in [-0.1, -0.05) is 55.8 Å². The predicted octanol–water partition coefficient (Wildman–Crippen LogP) is 3.79. The first-order chi connectivity index (χ1) is 13.3. The van der Waals surface area contributed by atoms with Crippen molar-refractivity contribution in [2.45, 2.75) is 26.6 Å². The van der Waals surface area contributed by atoms with Gasteiger partial charge in [-0.2, -0.15) is 0 Å². The van der Waals surface area contributed by atoms with E-state index in [2.05, 4.69) is 0 Å². The van der Waals surface area contributed by atoms with Crippen molar-refractivity contribution in [2.24, 2.45) is 11.5 Å². The van der Waals surface area contributed by atoms with Crippen LogP contribution in [0.3, 0.4) is 0 Å². The Balaban J connectivity index is 0.00000136. The molecule has 0 aliphatic carbocycles. The van der Waals surface area contributed by atoms with Crippen LogP contribution in [0, 0.1) is 6.92 Å². The predicted molar refractivity (Wildman–Crippen MR) is 113 cm³/mol. The standard InChI is InChI=1S/C20H21N3O3.C2H6/c1-12-2-4-13(5-3-12)14-6-8-15(9-7-14)26-20(22,23)16-10-11-17(24)18(21)19(16)25;1-2/h2-11,24-25H,21-23H2,1H3;1-2H3. The Morgan fingerprint density at radius 3 is 1.82 bits per heavy atom. The molecule has 28 heavy (non-hydrogen) atoms. The third-order valence-electron chi connectivity index (χ3n) is 4.14. The van der Waals surface area contributed by atoms with Gasteiger partial charge >= 0.3 is 0 Å². The van der Waals surface area contributed by atoms with E-state index in [1.54, 1.807) is 12.1 Å². The van der Waals surface area contributed by atoms with Crippen LogP contribution in [0.15, 0.2) is 60.7 Å². The van der Waals surface area contributed by atoms with Crippen LogP contribution in [0.4, 0.5) is 5.69 Å². The van der Waals surface area contributed by atoms with Gasteiger partial charge in [-0.25, -0.2) is 0 Å². The fourth-order valence-corrected chi connectivity index (χ4v) is 2.62. The average Bonchev–Trinajstić information content (AvgIpc) is 2.68. The molecule has 0 saturated heterocycles. The zero-order valence-electron chi connectivity index (χ0n) is 16.3. The van der Waals surface area contributed by atoms with Gasteiger partial charge in [-0.05, 0) is 42.3 Å². The van der Waals surface area contributed by atoms with Crippen LogP contribution in [-0.4, -0.2) is 10.2 Å². The monoisotopic (exact) mass is 381 g/mol. The molecule has 148 valence electrons. The van der Waals surface area contributed by atoms with Crippen LogP contribution in [0.5, 0.6) is 17.2 Å². The Morgan fingerprint density at radius 1 is 0.786 bits per heavy atom. The lowest BCUT2D eigenvalue weighted by molar-refractivity contribution is 0.0780. The topological polar surface area (TPSA) is 128 Å². The minimum absolute atomic E-state index is 0.0652. The molecule has 0 fully saturated rings. The summed E-state index contributed by atoms with van der Waals surface area (Å²) in [5.41, 5.74) is 20.8. The third kappa shape index (κ3) is 4.54. The highest BCUT2D eigenvalue weighted by Gasteiger charge is 2.29. The van der Waals surface area contributed by atoms with Gasteiger partial charge in [-0.3, -0.25) is 11.5 Å². The number of anilines is 1. The summed E-state index contributed by atoms with van der Waals surface area (Å²) in [7, 11) is 0. The number of nitrogen functional groups attached to an aromatic ring is 1. The number of ether oxygens (including phenoxy) is 1. The first-order valence-electron chi connectivity index (χ1n) is 9.02. The summed E-state index contributed by atoms with van der Waals surface area (Å²) in [6.45, 7) is 6.04. The van der Waals surface area contributed by atoms with E-state index in [9.17, 15) is 10.2 Å². The summed E-state index contributed by atoms with van der Waals surface area (Å²) in [5.74, 6) is -2.07. The molecule has 3 rings (SSSR count). The second-order valence-corrected chi connectivity index (χ2v) is 6.18. The van der Waals surface area contributed by atoms with Crippen molar-refractivity contribution in [3.05, 3.63) is 71.8 Å². The normalized spacial score (nSPS) is 10.8. The van der Waals surface area contributed by atoms with Gasteiger partial charge in [0.25, 0.3) is 0 Å². The maximum absolute atomic E-state index is 10.1. The Kier molecular flexibility index (Phi) is 6.51. The van der Waals surface area contributed by atoms with E-state index in [1.165, 1.54) is 17.7 Å². The maximum Gasteiger partial charge on any atom is 0.243 e. The molecule has 0 saturated carbocycles. The van der Waals surface area contributed by atoms with E-state index in [4.69, 9.17) is 21.9 Å². The lowest BCUT2D eigenvalue weighted by atomic mass is 10.0. The Bertz CT molecular complexity index is 921. The van der Waals surface area contributed by atoms with Gasteiger partial charge in [0, 0.05) is 0 Å². The Labute approximate surface area is 165 Å². The summed E-state index contributed by atoms with van der Waals surface area (Å²) in [6.07, 6.45) is 0. The molecule has 0 bridgehead atoms. The molecule has 0 aliphatic heterocycles. The lowest BCUT2D eigenvalue weighted by Gasteiger charge is -2.27. The SMILES string of the molecule is CC.Cc1ccc(-c2ccc(OC(N)(N)c3ccc(O)c(N)c3O)cc2)cc1. The zero-order chi connectivity index (χ0) is 20.9. The van der Waals surface area contributed by atoms with Crippen molar-refractivity contribution in [2.75, 3.05) is 5.73 Å². The van der Waals surface area contributed by atoms with Crippen LogP contribution in [0.25, 0.3) is 11.1 Å². The van der Waals surface area contributed by atoms with Gasteiger partial charge in [-0.15, -0.1) is 0 Å². The molecule has 0 aromatic heterocycles. The minimum Gasteiger partial charge on any atom is -0.506 e. The number of aryl methyl sites for hydroxylation is 1. The molecule has 0 amide bonds. The van der Waals surface area contributed by atoms with Crippen LogP contribution in [0.1, 0.15) is 25.0 Å². The molecular weight excluding hydrogens is 354 g/mol. The van der Waals surface area contributed by atoms with E-state index in [0.717, 1.165) is 11.1 Å². The van der Waals surface area contributed by atoms with Crippen LogP contribution >= 0.6 is 0 Å². The van der Waals surface area contributed by atoms with Crippen LogP contribution in [0.2, 0.25) is 0 Å². The van der Waals surface area contributed by atoms with Crippen molar-refractivity contribution in [3.8, 4) is 28.4 Å². The van der Waals surface area contributed by atoms with Gasteiger partial charge in [0.05, 0.1) is 5.56 Å². The number of hydrogen-bond donors (Lipinski definition) is 5. The van der Waals surface area contributed by atoms with Gasteiger partial charge in [0.2, 0.25) is 5.85 Å². The number of aromatic hydroxyl groups is 2. The molecule has 3 aromatic rings. The molecule has 0 radical (unpaired) electrons. The highest BCUT2D eigenvalue weighted by Crippen LogP contribution is 2.37. The zero-order valence-corrected chi connectivity index (χ0v) is 16.3. The quantitative estimate of drug-likeness (QED) is 0.266. The fourth-order valence-electron chi connectivity index (χ4n) is 2.62. The highest BCUT2D eigenvalue weighted by atomic mass is 16.5. The number of hydrogen-bond acceptors (Lipinski definition) is 6. The number of phenols is 2. The van der Waals surface area contributed by atoms with Gasteiger partial charge in [0.15, 0.2) is 5.75 Å². The summed E-state index contributed by atoms with van der Waals surface area (Å²) >= 11 is 0. The van der Waals surface area contributed by atoms with Crippen molar-refractivity contribution >= 4 is 5.69 Å². The maximum atomic E-state index is 10.1. The molecule has 8 N–H and O–H groups in total. The summed E-state index contributed by atoms with van der Waals surface area (Å²) in [5, 5.41) is 19.6. The fraction of sp³-hybridized carbons (Fsp3) is 0.182. The van der Waals surface area contributed by atoms with Crippen molar-refractivity contribution in [1.29, 1.82) is 0 Å². The molecule has 0 unspecified atom stereocenters. The summed E-state index contributed by atoms with van der Waals surface area (Å²) in [4.78, 5) is 0. The molecule has 6 heteroatoms. The second-order valence-electron chi connectivity index (χ2n) is 6.18. The molecule has 0 atom stereocenters. The average molecular weight is 381 g/mol. The number of benzene rings is 3. The van der Waals surface area contributed by atoms with E-state index < -0.39 is 11.6 Å². The molecule has 3 aromatic carbocycles. The van der Waals surface area contributed by atoms with Crippen molar-refractivity contribution < 1.29 is 14.9 Å². The number of rotatable bonds is 4. The smallest absolute Gasteiger partial charge is 0.243 e. The molecule has 6 nitrogen and oxygen atoms in total. The van der Waals surface area contributed by atoms with Gasteiger partial charge in [0.1, 0.15) is 17.2 Å². The van der Waals surface area contributed by atoms with Crippen molar-refractivity contribution in [1.82, 2.24) is 0 Å². The highest BCUT2D eigenvalue weighted by molar-refractivity contribution is 5.66. The molecule has 0 aliphatic rings. The lowest BCUT2D eigenvalue weighted by Crippen LogP contribution is -2.51. The first kappa shape index (κ1) is 21.1.